The van der Waals surface area contributed by atoms with E-state index < -0.39 is 5.82 Å². The number of carbonyl (C=O) groups excluding carboxylic acids is 1. The Kier molecular flexibility index (Phi) is 3.64. The van der Waals surface area contributed by atoms with Crippen molar-refractivity contribution in [3.63, 3.8) is 0 Å². The standard InChI is InChI=1S/C12H14ClFN2O/c1-15-10-3-2-6-16(12(10)17)11-5-4-8(14)7-9(11)13/h4-5,7,10,15H,2-3,6H2,1H3. The van der Waals surface area contributed by atoms with Crippen LogP contribution in [0.1, 0.15) is 12.8 Å². The Morgan fingerprint density at radius 1 is 1.53 bits per heavy atom. The van der Waals surface area contributed by atoms with Crippen molar-refractivity contribution in [1.82, 2.24) is 5.32 Å². The van der Waals surface area contributed by atoms with Crippen LogP contribution < -0.4 is 10.2 Å². The van der Waals surface area contributed by atoms with Gasteiger partial charge in [0.1, 0.15) is 5.82 Å². The van der Waals surface area contributed by atoms with Gasteiger partial charge in [0, 0.05) is 6.54 Å². The first-order valence-corrected chi connectivity index (χ1v) is 5.95. The molecule has 1 aliphatic heterocycles. The van der Waals surface area contributed by atoms with Crippen molar-refractivity contribution in [2.24, 2.45) is 0 Å². The number of carbonyl (C=O) groups is 1. The van der Waals surface area contributed by atoms with E-state index in [2.05, 4.69) is 5.32 Å². The zero-order chi connectivity index (χ0) is 12.4. The van der Waals surface area contributed by atoms with Crippen molar-refractivity contribution >= 4 is 23.2 Å². The largest absolute Gasteiger partial charge is 0.310 e. The molecule has 1 heterocycles. The summed E-state index contributed by atoms with van der Waals surface area (Å²) in [5.74, 6) is -0.402. The van der Waals surface area contributed by atoms with E-state index in [0.29, 0.717) is 12.2 Å². The summed E-state index contributed by atoms with van der Waals surface area (Å²) in [6, 6.07) is 3.92. The number of hydrogen-bond acceptors (Lipinski definition) is 2. The monoisotopic (exact) mass is 256 g/mol. The fourth-order valence-corrected chi connectivity index (χ4v) is 2.35. The Hall–Kier alpha value is -1.13. The second-order valence-electron chi connectivity index (χ2n) is 4.07. The number of rotatable bonds is 2. The van der Waals surface area contributed by atoms with Crippen LogP contribution in [0, 0.1) is 5.82 Å². The van der Waals surface area contributed by atoms with Gasteiger partial charge >= 0.3 is 0 Å². The van der Waals surface area contributed by atoms with E-state index in [9.17, 15) is 9.18 Å². The van der Waals surface area contributed by atoms with Crippen LogP contribution in [0.4, 0.5) is 10.1 Å². The molecule has 1 aliphatic rings. The second-order valence-corrected chi connectivity index (χ2v) is 4.48. The van der Waals surface area contributed by atoms with E-state index in [0.717, 1.165) is 12.8 Å². The molecule has 0 bridgehead atoms. The minimum absolute atomic E-state index is 0.00717. The maximum Gasteiger partial charge on any atom is 0.244 e. The Balaban J connectivity index is 2.29. The maximum atomic E-state index is 13.0. The summed E-state index contributed by atoms with van der Waals surface area (Å²) in [5.41, 5.74) is 0.581. The Morgan fingerprint density at radius 2 is 2.29 bits per heavy atom. The molecular formula is C12H14ClFN2O. The topological polar surface area (TPSA) is 32.3 Å². The highest BCUT2D eigenvalue weighted by atomic mass is 35.5. The van der Waals surface area contributed by atoms with Gasteiger partial charge in [-0.15, -0.1) is 0 Å². The molecule has 1 N–H and O–H groups in total. The zero-order valence-corrected chi connectivity index (χ0v) is 10.3. The van der Waals surface area contributed by atoms with Crippen LogP contribution in [0.15, 0.2) is 18.2 Å². The molecule has 1 aromatic carbocycles. The van der Waals surface area contributed by atoms with Crippen LogP contribution in [-0.2, 0) is 4.79 Å². The van der Waals surface area contributed by atoms with Gasteiger partial charge in [-0.25, -0.2) is 4.39 Å². The van der Waals surface area contributed by atoms with E-state index in [1.807, 2.05) is 0 Å². The first-order valence-electron chi connectivity index (χ1n) is 5.57. The molecule has 0 saturated carbocycles. The number of halogens is 2. The number of nitrogens with one attached hydrogen (secondary N) is 1. The molecule has 1 aromatic rings. The fourth-order valence-electron chi connectivity index (χ4n) is 2.08. The Bertz CT molecular complexity index is 439. The van der Waals surface area contributed by atoms with Crippen molar-refractivity contribution < 1.29 is 9.18 Å². The normalized spacial score (nSPS) is 20.8. The predicted octanol–water partition coefficient (Wildman–Crippen LogP) is 2.19. The van der Waals surface area contributed by atoms with Gasteiger partial charge in [-0.2, -0.15) is 0 Å². The summed E-state index contributed by atoms with van der Waals surface area (Å²) in [7, 11) is 1.76. The molecule has 2 rings (SSSR count). The quantitative estimate of drug-likeness (QED) is 0.880. The first-order chi connectivity index (χ1) is 8.13. The lowest BCUT2D eigenvalue weighted by Gasteiger charge is -2.32. The Morgan fingerprint density at radius 3 is 2.94 bits per heavy atom. The number of amides is 1. The number of anilines is 1. The number of hydrogen-bond donors (Lipinski definition) is 1. The van der Waals surface area contributed by atoms with Crippen molar-refractivity contribution in [1.29, 1.82) is 0 Å². The van der Waals surface area contributed by atoms with Gasteiger partial charge in [0.05, 0.1) is 16.8 Å². The van der Waals surface area contributed by atoms with Crippen LogP contribution in [0.2, 0.25) is 5.02 Å². The lowest BCUT2D eigenvalue weighted by atomic mass is 10.0. The van der Waals surface area contributed by atoms with Gasteiger partial charge in [0.2, 0.25) is 5.91 Å². The number of piperidine rings is 1. The fraction of sp³-hybridized carbons (Fsp3) is 0.417. The van der Waals surface area contributed by atoms with Gasteiger partial charge in [0.25, 0.3) is 0 Å². The molecule has 5 heteroatoms. The van der Waals surface area contributed by atoms with Crippen molar-refractivity contribution in [2.75, 3.05) is 18.5 Å². The molecular weight excluding hydrogens is 243 g/mol. The molecule has 0 aliphatic carbocycles. The van der Waals surface area contributed by atoms with Crippen LogP contribution >= 0.6 is 11.6 Å². The predicted molar refractivity (Wildman–Crippen MR) is 65.8 cm³/mol. The summed E-state index contributed by atoms with van der Waals surface area (Å²) < 4.78 is 13.0. The molecule has 0 aromatic heterocycles. The molecule has 1 saturated heterocycles. The van der Waals surface area contributed by atoms with Crippen LogP contribution in [0.5, 0.6) is 0 Å². The van der Waals surface area contributed by atoms with E-state index >= 15 is 0 Å². The van der Waals surface area contributed by atoms with Crippen molar-refractivity contribution in [3.05, 3.63) is 29.0 Å². The summed E-state index contributed by atoms with van der Waals surface area (Å²) in [6.45, 7) is 0.627. The number of nitrogens with zero attached hydrogens (tertiary/aromatic N) is 1. The highest BCUT2D eigenvalue weighted by Crippen LogP contribution is 2.29. The number of likely N-dealkylation sites (N-methyl/N-ethyl adjacent to an activating group) is 1. The van der Waals surface area contributed by atoms with E-state index in [4.69, 9.17) is 11.6 Å². The highest BCUT2D eigenvalue weighted by molar-refractivity contribution is 6.33. The lowest BCUT2D eigenvalue weighted by Crippen LogP contribution is -2.49. The molecule has 3 nitrogen and oxygen atoms in total. The molecule has 1 atom stereocenters. The summed E-state index contributed by atoms with van der Waals surface area (Å²) >= 11 is 5.96. The third kappa shape index (κ3) is 2.42. The van der Waals surface area contributed by atoms with Crippen molar-refractivity contribution in [3.8, 4) is 0 Å². The molecule has 0 spiro atoms. The Labute approximate surface area is 105 Å². The molecule has 1 amide bonds. The van der Waals surface area contributed by atoms with Gasteiger partial charge in [-0.1, -0.05) is 11.6 Å². The summed E-state index contributed by atoms with van der Waals surface area (Å²) in [4.78, 5) is 13.7. The second kappa shape index (κ2) is 5.02. The van der Waals surface area contributed by atoms with E-state index in [1.165, 1.54) is 12.1 Å². The molecule has 1 fully saturated rings. The summed E-state index contributed by atoms with van der Waals surface area (Å²) in [5, 5.41) is 3.25. The minimum Gasteiger partial charge on any atom is -0.310 e. The summed E-state index contributed by atoms with van der Waals surface area (Å²) in [6.07, 6.45) is 1.73. The smallest absolute Gasteiger partial charge is 0.244 e. The lowest BCUT2D eigenvalue weighted by molar-refractivity contribution is -0.121. The maximum absolute atomic E-state index is 13.0. The molecule has 92 valence electrons. The third-order valence-electron chi connectivity index (χ3n) is 2.99. The van der Waals surface area contributed by atoms with Crippen molar-refractivity contribution in [2.45, 2.75) is 18.9 Å². The molecule has 0 radical (unpaired) electrons. The first kappa shape index (κ1) is 12.3. The van der Waals surface area contributed by atoms with Gasteiger partial charge in [0.15, 0.2) is 0 Å². The van der Waals surface area contributed by atoms with Gasteiger partial charge < -0.3 is 10.2 Å². The number of benzene rings is 1. The SMILES string of the molecule is CNC1CCCN(c2ccc(F)cc2Cl)C1=O. The van der Waals surface area contributed by atoms with Crippen LogP contribution in [0.25, 0.3) is 0 Å². The van der Waals surface area contributed by atoms with Gasteiger partial charge in [-0.05, 0) is 38.1 Å². The van der Waals surface area contributed by atoms with Gasteiger partial charge in [-0.3, -0.25) is 4.79 Å². The molecule has 1 unspecified atom stereocenters. The van der Waals surface area contributed by atoms with Crippen LogP contribution in [-0.4, -0.2) is 25.5 Å². The average Bonchev–Trinajstić information content (AvgIpc) is 2.30. The van der Waals surface area contributed by atoms with E-state index in [-0.39, 0.29) is 17.0 Å². The zero-order valence-electron chi connectivity index (χ0n) is 9.54. The molecule has 17 heavy (non-hydrogen) atoms. The highest BCUT2D eigenvalue weighted by Gasteiger charge is 2.29. The van der Waals surface area contributed by atoms with E-state index in [1.54, 1.807) is 18.0 Å². The minimum atomic E-state index is -0.395. The van der Waals surface area contributed by atoms with Crippen LogP contribution in [0.3, 0.4) is 0 Å². The average molecular weight is 257 g/mol. The third-order valence-corrected chi connectivity index (χ3v) is 3.29.